The molecule has 4 rings (SSSR count). The summed E-state index contributed by atoms with van der Waals surface area (Å²) in [6.07, 6.45) is 1.46. The van der Waals surface area contributed by atoms with Gasteiger partial charge in [-0.25, -0.2) is 4.39 Å². The van der Waals surface area contributed by atoms with Crippen molar-refractivity contribution in [3.63, 3.8) is 0 Å². The molecule has 1 saturated heterocycles. The van der Waals surface area contributed by atoms with Crippen LogP contribution in [0.1, 0.15) is 16.9 Å². The van der Waals surface area contributed by atoms with Gasteiger partial charge in [0.2, 0.25) is 5.91 Å². The number of carbonyl (C=O) groups is 3. The molecule has 3 amide bonds. The van der Waals surface area contributed by atoms with Crippen LogP contribution in [0.4, 0.5) is 14.9 Å². The summed E-state index contributed by atoms with van der Waals surface area (Å²) in [5.41, 5.74) is 3.40. The number of carbonyl (C=O) groups excluding carboxylic acids is 3. The van der Waals surface area contributed by atoms with Crippen LogP contribution in [-0.4, -0.2) is 28.5 Å². The van der Waals surface area contributed by atoms with Crippen LogP contribution in [0.15, 0.2) is 63.9 Å². The zero-order valence-corrected chi connectivity index (χ0v) is 18.2. The standard InChI is InChI=1S/C24H19FN2O4S/c1-14-3-8-18(11-15(14)2)26-22(28)13-27-23(29)21(32-24(27)30)12-19-9-10-20(31-19)16-4-6-17(25)7-5-16/h3-12H,13H2,1-2H3,(H,26,28)/b21-12-. The van der Waals surface area contributed by atoms with Crippen molar-refractivity contribution in [2.45, 2.75) is 13.8 Å². The predicted molar refractivity (Wildman–Crippen MR) is 121 cm³/mol. The molecule has 2 aromatic carbocycles. The second-order valence-electron chi connectivity index (χ2n) is 7.32. The molecule has 0 radical (unpaired) electrons. The van der Waals surface area contributed by atoms with Crippen molar-refractivity contribution >= 4 is 40.6 Å². The minimum Gasteiger partial charge on any atom is -0.457 e. The number of hydrogen-bond acceptors (Lipinski definition) is 5. The SMILES string of the molecule is Cc1ccc(NC(=O)CN2C(=O)S/C(=C\c3ccc(-c4ccc(F)cc4)o3)C2=O)cc1C. The number of anilines is 1. The fraction of sp³-hybridized carbons (Fsp3) is 0.125. The van der Waals surface area contributed by atoms with Crippen molar-refractivity contribution < 1.29 is 23.2 Å². The number of halogens is 1. The normalized spacial score (nSPS) is 15.0. The van der Waals surface area contributed by atoms with Gasteiger partial charge in [-0.3, -0.25) is 19.3 Å². The number of nitrogens with zero attached hydrogens (tertiary/aromatic N) is 1. The Morgan fingerprint density at radius 1 is 1.06 bits per heavy atom. The summed E-state index contributed by atoms with van der Waals surface area (Å²) in [6, 6.07) is 14.6. The molecule has 162 valence electrons. The molecule has 32 heavy (non-hydrogen) atoms. The van der Waals surface area contributed by atoms with Crippen LogP contribution >= 0.6 is 11.8 Å². The number of hydrogen-bond donors (Lipinski definition) is 1. The Bertz CT molecular complexity index is 1250. The second kappa shape index (κ2) is 8.84. The van der Waals surface area contributed by atoms with Gasteiger partial charge < -0.3 is 9.73 Å². The molecular formula is C24H19FN2O4S. The molecule has 0 spiro atoms. The lowest BCUT2D eigenvalue weighted by molar-refractivity contribution is -0.127. The lowest BCUT2D eigenvalue weighted by atomic mass is 10.1. The number of nitrogens with one attached hydrogen (secondary N) is 1. The first-order chi connectivity index (χ1) is 15.3. The summed E-state index contributed by atoms with van der Waals surface area (Å²) in [7, 11) is 0. The van der Waals surface area contributed by atoms with Gasteiger partial charge in [0.25, 0.3) is 11.1 Å². The van der Waals surface area contributed by atoms with Crippen LogP contribution in [0.2, 0.25) is 0 Å². The van der Waals surface area contributed by atoms with Gasteiger partial charge in [-0.2, -0.15) is 0 Å². The van der Waals surface area contributed by atoms with Gasteiger partial charge in [0.15, 0.2) is 0 Å². The minimum atomic E-state index is -0.560. The molecular weight excluding hydrogens is 431 g/mol. The van der Waals surface area contributed by atoms with Crippen molar-refractivity contribution in [2.75, 3.05) is 11.9 Å². The molecule has 0 unspecified atom stereocenters. The maximum Gasteiger partial charge on any atom is 0.294 e. The van der Waals surface area contributed by atoms with Crippen LogP contribution < -0.4 is 5.32 Å². The summed E-state index contributed by atoms with van der Waals surface area (Å²) in [5.74, 6) is -0.503. The number of aryl methyl sites for hydroxylation is 2. The van der Waals surface area contributed by atoms with Crippen molar-refractivity contribution in [2.24, 2.45) is 0 Å². The van der Waals surface area contributed by atoms with Crippen LogP contribution in [-0.2, 0) is 9.59 Å². The predicted octanol–water partition coefficient (Wildman–Crippen LogP) is 5.38. The molecule has 1 aliphatic heterocycles. The van der Waals surface area contributed by atoms with Crippen molar-refractivity contribution in [3.8, 4) is 11.3 Å². The van der Waals surface area contributed by atoms with Gasteiger partial charge in [-0.1, -0.05) is 6.07 Å². The Hall–Kier alpha value is -3.65. The number of rotatable bonds is 5. The van der Waals surface area contributed by atoms with E-state index in [-0.39, 0.29) is 17.3 Å². The molecule has 3 aromatic rings. The Labute approximate surface area is 188 Å². The molecule has 0 atom stereocenters. The van der Waals surface area contributed by atoms with Gasteiger partial charge in [-0.15, -0.1) is 0 Å². The highest BCUT2D eigenvalue weighted by atomic mass is 32.2. The molecule has 0 bridgehead atoms. The minimum absolute atomic E-state index is 0.161. The molecule has 0 aliphatic carbocycles. The highest BCUT2D eigenvalue weighted by Gasteiger charge is 2.36. The van der Waals surface area contributed by atoms with E-state index in [0.717, 1.165) is 27.8 Å². The monoisotopic (exact) mass is 450 g/mol. The van der Waals surface area contributed by atoms with Crippen LogP contribution in [0.25, 0.3) is 17.4 Å². The third kappa shape index (κ3) is 4.65. The number of imide groups is 1. The summed E-state index contributed by atoms with van der Waals surface area (Å²) in [4.78, 5) is 38.4. The van der Waals surface area contributed by atoms with E-state index in [1.807, 2.05) is 26.0 Å². The first kappa shape index (κ1) is 21.6. The van der Waals surface area contributed by atoms with E-state index in [0.29, 0.717) is 22.8 Å². The van der Waals surface area contributed by atoms with E-state index in [4.69, 9.17) is 4.42 Å². The van der Waals surface area contributed by atoms with Crippen LogP contribution in [0.3, 0.4) is 0 Å². The largest absolute Gasteiger partial charge is 0.457 e. The highest BCUT2D eigenvalue weighted by molar-refractivity contribution is 8.18. The Balaban J connectivity index is 1.44. The van der Waals surface area contributed by atoms with Gasteiger partial charge in [0.1, 0.15) is 23.9 Å². The summed E-state index contributed by atoms with van der Waals surface area (Å²) >= 11 is 0.745. The highest BCUT2D eigenvalue weighted by Crippen LogP contribution is 2.33. The molecule has 8 heteroatoms. The smallest absolute Gasteiger partial charge is 0.294 e. The van der Waals surface area contributed by atoms with E-state index < -0.39 is 17.1 Å². The fourth-order valence-electron chi connectivity index (χ4n) is 3.13. The Kier molecular flexibility index (Phi) is 5.96. The van der Waals surface area contributed by atoms with Gasteiger partial charge >= 0.3 is 0 Å². The Morgan fingerprint density at radius 3 is 2.53 bits per heavy atom. The van der Waals surface area contributed by atoms with Gasteiger partial charge in [-0.05, 0) is 85.3 Å². The third-order valence-electron chi connectivity index (χ3n) is 4.99. The summed E-state index contributed by atoms with van der Waals surface area (Å²) in [5, 5.41) is 2.18. The Morgan fingerprint density at radius 2 is 1.81 bits per heavy atom. The molecule has 0 saturated carbocycles. The first-order valence-corrected chi connectivity index (χ1v) is 10.6. The fourth-order valence-corrected chi connectivity index (χ4v) is 3.95. The second-order valence-corrected chi connectivity index (χ2v) is 8.32. The van der Waals surface area contributed by atoms with Crippen molar-refractivity contribution in [1.29, 1.82) is 0 Å². The van der Waals surface area contributed by atoms with Crippen LogP contribution in [0, 0.1) is 19.7 Å². The molecule has 2 heterocycles. The average Bonchev–Trinajstić information content (AvgIpc) is 3.32. The molecule has 1 aliphatic rings. The number of furan rings is 1. The maximum atomic E-state index is 13.1. The van der Waals surface area contributed by atoms with Crippen molar-refractivity contribution in [3.05, 3.63) is 82.2 Å². The number of benzene rings is 2. The topological polar surface area (TPSA) is 79.6 Å². The molecule has 1 fully saturated rings. The van der Waals surface area contributed by atoms with Gasteiger partial charge in [0, 0.05) is 17.3 Å². The quantitative estimate of drug-likeness (QED) is 0.528. The summed E-state index contributed by atoms with van der Waals surface area (Å²) in [6.45, 7) is 3.52. The van der Waals surface area contributed by atoms with Gasteiger partial charge in [0.05, 0.1) is 4.91 Å². The van der Waals surface area contributed by atoms with Crippen molar-refractivity contribution in [1.82, 2.24) is 4.90 Å². The maximum absolute atomic E-state index is 13.1. The molecule has 1 N–H and O–H groups in total. The van der Waals surface area contributed by atoms with E-state index in [1.54, 1.807) is 30.3 Å². The van der Waals surface area contributed by atoms with Crippen LogP contribution in [0.5, 0.6) is 0 Å². The lowest BCUT2D eigenvalue weighted by Gasteiger charge is -2.13. The lowest BCUT2D eigenvalue weighted by Crippen LogP contribution is -2.36. The number of thioether (sulfide) groups is 1. The third-order valence-corrected chi connectivity index (χ3v) is 5.90. The van der Waals surface area contributed by atoms with E-state index in [2.05, 4.69) is 5.32 Å². The zero-order chi connectivity index (χ0) is 22.8. The average molecular weight is 450 g/mol. The number of amides is 3. The first-order valence-electron chi connectivity index (χ1n) is 9.78. The van der Waals surface area contributed by atoms with E-state index >= 15 is 0 Å². The summed E-state index contributed by atoms with van der Waals surface area (Å²) < 4.78 is 18.8. The van der Waals surface area contributed by atoms with E-state index in [9.17, 15) is 18.8 Å². The van der Waals surface area contributed by atoms with E-state index in [1.165, 1.54) is 18.2 Å². The zero-order valence-electron chi connectivity index (χ0n) is 17.3. The molecule has 6 nitrogen and oxygen atoms in total. The molecule has 1 aromatic heterocycles.